The molecule has 0 fully saturated rings. The standard InChI is InChI=1S/C8H5BrClFO/c1-4-2-3-5(9)6(7(4)11)8(10)12/h2-3H,1H3. The molecule has 0 saturated heterocycles. The normalized spacial score (nSPS) is 10.0. The van der Waals surface area contributed by atoms with Crippen molar-refractivity contribution in [1.29, 1.82) is 0 Å². The van der Waals surface area contributed by atoms with E-state index < -0.39 is 11.1 Å². The fourth-order valence-corrected chi connectivity index (χ4v) is 1.62. The third-order valence-electron chi connectivity index (χ3n) is 1.48. The van der Waals surface area contributed by atoms with Crippen LogP contribution in [0.1, 0.15) is 15.9 Å². The Morgan fingerprint density at radius 3 is 2.58 bits per heavy atom. The van der Waals surface area contributed by atoms with E-state index in [0.717, 1.165) is 0 Å². The first-order valence-electron chi connectivity index (χ1n) is 3.18. The van der Waals surface area contributed by atoms with E-state index >= 15 is 0 Å². The van der Waals surface area contributed by atoms with Gasteiger partial charge in [0.1, 0.15) is 5.82 Å². The molecule has 0 N–H and O–H groups in total. The molecule has 0 aliphatic rings. The van der Waals surface area contributed by atoms with E-state index in [-0.39, 0.29) is 5.56 Å². The molecular formula is C8H5BrClFO. The van der Waals surface area contributed by atoms with Crippen LogP contribution in [-0.2, 0) is 0 Å². The fraction of sp³-hybridized carbons (Fsp3) is 0.125. The summed E-state index contributed by atoms with van der Waals surface area (Å²) in [6.45, 7) is 1.57. The number of hydrogen-bond acceptors (Lipinski definition) is 1. The lowest BCUT2D eigenvalue weighted by atomic mass is 10.1. The lowest BCUT2D eigenvalue weighted by molar-refractivity contribution is 0.107. The molecule has 0 aromatic heterocycles. The van der Waals surface area contributed by atoms with E-state index in [4.69, 9.17) is 11.6 Å². The van der Waals surface area contributed by atoms with Crippen molar-refractivity contribution in [1.82, 2.24) is 0 Å². The molecule has 0 saturated carbocycles. The summed E-state index contributed by atoms with van der Waals surface area (Å²) >= 11 is 8.21. The van der Waals surface area contributed by atoms with Crippen LogP contribution < -0.4 is 0 Å². The van der Waals surface area contributed by atoms with Crippen molar-refractivity contribution in [3.63, 3.8) is 0 Å². The lowest BCUT2D eigenvalue weighted by Gasteiger charge is -2.02. The molecule has 12 heavy (non-hydrogen) atoms. The molecule has 4 heteroatoms. The van der Waals surface area contributed by atoms with Crippen molar-refractivity contribution < 1.29 is 9.18 Å². The Hall–Kier alpha value is -0.410. The number of aryl methyl sites for hydroxylation is 1. The zero-order chi connectivity index (χ0) is 9.30. The lowest BCUT2D eigenvalue weighted by Crippen LogP contribution is -1.98. The highest BCUT2D eigenvalue weighted by Crippen LogP contribution is 2.23. The van der Waals surface area contributed by atoms with Gasteiger partial charge in [0.05, 0.1) is 5.56 Å². The molecule has 0 aliphatic carbocycles. The Kier molecular flexibility index (Phi) is 2.85. The van der Waals surface area contributed by atoms with E-state index in [1.54, 1.807) is 19.1 Å². The Labute approximate surface area is 82.7 Å². The quantitative estimate of drug-likeness (QED) is 0.700. The average molecular weight is 251 g/mol. The zero-order valence-corrected chi connectivity index (χ0v) is 8.54. The van der Waals surface area contributed by atoms with Crippen LogP contribution in [0.25, 0.3) is 0 Å². The number of hydrogen-bond donors (Lipinski definition) is 0. The molecule has 0 heterocycles. The second-order valence-electron chi connectivity index (χ2n) is 2.33. The summed E-state index contributed by atoms with van der Waals surface area (Å²) in [5, 5.41) is -0.789. The summed E-state index contributed by atoms with van der Waals surface area (Å²) in [6, 6.07) is 3.16. The maximum absolute atomic E-state index is 13.2. The maximum atomic E-state index is 13.2. The van der Waals surface area contributed by atoms with Crippen LogP contribution in [0.5, 0.6) is 0 Å². The van der Waals surface area contributed by atoms with Crippen molar-refractivity contribution in [2.75, 3.05) is 0 Å². The Bertz CT molecular complexity index is 338. The summed E-state index contributed by atoms with van der Waals surface area (Å²) in [4.78, 5) is 10.7. The minimum Gasteiger partial charge on any atom is -0.275 e. The number of carbonyl (C=O) groups excluding carboxylic acids is 1. The smallest absolute Gasteiger partial charge is 0.256 e. The average Bonchev–Trinajstić information content (AvgIpc) is 1.97. The first-order valence-corrected chi connectivity index (χ1v) is 4.35. The third-order valence-corrected chi connectivity index (χ3v) is 2.33. The molecule has 0 amide bonds. The monoisotopic (exact) mass is 250 g/mol. The Morgan fingerprint density at radius 2 is 2.17 bits per heavy atom. The highest BCUT2D eigenvalue weighted by Gasteiger charge is 2.14. The minimum absolute atomic E-state index is 0.100. The van der Waals surface area contributed by atoms with Gasteiger partial charge in [-0.05, 0) is 46.1 Å². The summed E-state index contributed by atoms with van der Waals surface area (Å²) in [6.07, 6.45) is 0. The van der Waals surface area contributed by atoms with Gasteiger partial charge in [-0.3, -0.25) is 4.79 Å². The highest BCUT2D eigenvalue weighted by atomic mass is 79.9. The Morgan fingerprint density at radius 1 is 1.58 bits per heavy atom. The van der Waals surface area contributed by atoms with Gasteiger partial charge in [0, 0.05) is 4.47 Å². The summed E-state index contributed by atoms with van der Waals surface area (Å²) in [5.74, 6) is -0.565. The first-order chi connectivity index (χ1) is 5.54. The van der Waals surface area contributed by atoms with Gasteiger partial charge in [0.2, 0.25) is 0 Å². The van der Waals surface area contributed by atoms with Crippen LogP contribution in [0.4, 0.5) is 4.39 Å². The number of carbonyl (C=O) groups is 1. The summed E-state index contributed by atoms with van der Waals surface area (Å²) in [5.41, 5.74) is 0.305. The molecule has 0 unspecified atom stereocenters. The second-order valence-corrected chi connectivity index (χ2v) is 3.52. The van der Waals surface area contributed by atoms with E-state index in [0.29, 0.717) is 10.0 Å². The van der Waals surface area contributed by atoms with Crippen LogP contribution in [0, 0.1) is 12.7 Å². The zero-order valence-electron chi connectivity index (χ0n) is 6.20. The van der Waals surface area contributed by atoms with Crippen molar-refractivity contribution in [3.8, 4) is 0 Å². The molecule has 0 spiro atoms. The molecule has 64 valence electrons. The molecule has 1 rings (SSSR count). The number of halogens is 3. The maximum Gasteiger partial charge on any atom is 0.256 e. The van der Waals surface area contributed by atoms with Crippen LogP contribution in [0.15, 0.2) is 16.6 Å². The topological polar surface area (TPSA) is 17.1 Å². The summed E-state index contributed by atoms with van der Waals surface area (Å²) < 4.78 is 13.6. The molecule has 0 aliphatic heterocycles. The second kappa shape index (κ2) is 3.54. The van der Waals surface area contributed by atoms with Crippen molar-refractivity contribution >= 4 is 32.8 Å². The Balaban J connectivity index is 3.43. The SMILES string of the molecule is Cc1ccc(Br)c(C(=O)Cl)c1F. The largest absolute Gasteiger partial charge is 0.275 e. The van der Waals surface area contributed by atoms with Gasteiger partial charge < -0.3 is 0 Å². The van der Waals surface area contributed by atoms with Crippen LogP contribution in [-0.4, -0.2) is 5.24 Å². The van der Waals surface area contributed by atoms with E-state index in [1.807, 2.05) is 0 Å². The van der Waals surface area contributed by atoms with Gasteiger partial charge in [-0.2, -0.15) is 0 Å². The molecular weight excluding hydrogens is 246 g/mol. The van der Waals surface area contributed by atoms with E-state index in [9.17, 15) is 9.18 Å². The number of benzene rings is 1. The van der Waals surface area contributed by atoms with Crippen molar-refractivity contribution in [2.45, 2.75) is 6.92 Å². The van der Waals surface area contributed by atoms with Gasteiger partial charge in [-0.15, -0.1) is 0 Å². The minimum atomic E-state index is -0.789. The predicted octanol–water partition coefficient (Wildman–Crippen LogP) is 3.28. The van der Waals surface area contributed by atoms with Crippen LogP contribution in [0.3, 0.4) is 0 Å². The summed E-state index contributed by atoms with van der Waals surface area (Å²) in [7, 11) is 0. The first kappa shape index (κ1) is 9.68. The van der Waals surface area contributed by atoms with Crippen molar-refractivity contribution in [2.24, 2.45) is 0 Å². The van der Waals surface area contributed by atoms with E-state index in [2.05, 4.69) is 15.9 Å². The molecule has 1 aromatic carbocycles. The van der Waals surface area contributed by atoms with Gasteiger partial charge in [-0.25, -0.2) is 4.39 Å². The van der Waals surface area contributed by atoms with Gasteiger partial charge >= 0.3 is 0 Å². The molecule has 0 bridgehead atoms. The molecule has 0 radical (unpaired) electrons. The molecule has 1 nitrogen and oxygen atoms in total. The highest BCUT2D eigenvalue weighted by molar-refractivity contribution is 9.10. The van der Waals surface area contributed by atoms with Crippen LogP contribution in [0.2, 0.25) is 0 Å². The van der Waals surface area contributed by atoms with Gasteiger partial charge in [0.25, 0.3) is 5.24 Å². The molecule has 1 aromatic rings. The predicted molar refractivity (Wildman–Crippen MR) is 49.0 cm³/mol. The van der Waals surface area contributed by atoms with Crippen molar-refractivity contribution in [3.05, 3.63) is 33.5 Å². The third kappa shape index (κ3) is 1.67. The molecule has 0 atom stereocenters. The fourth-order valence-electron chi connectivity index (χ4n) is 0.837. The van der Waals surface area contributed by atoms with Gasteiger partial charge in [-0.1, -0.05) is 6.07 Å². The van der Waals surface area contributed by atoms with E-state index in [1.165, 1.54) is 0 Å². The van der Waals surface area contributed by atoms with Crippen LogP contribution >= 0.6 is 27.5 Å². The van der Waals surface area contributed by atoms with Gasteiger partial charge in [0.15, 0.2) is 0 Å². The number of rotatable bonds is 1.